The van der Waals surface area contributed by atoms with E-state index in [0.29, 0.717) is 12.0 Å². The standard InChI is InChI=1S/C17H22N2O6/c1-4-5-13-7-19(16(23)18-15(13)22)9-17(10-25-12(3)21)6-14(17)8-24-11(2)20/h4-5,7,14H,6,8-10H2,1-3H3,(H,18,22,23). The lowest BCUT2D eigenvalue weighted by Gasteiger charge is -2.19. The number of H-pyrrole nitrogens is 1. The number of carbonyl (C=O) groups excluding carboxylic acids is 2. The molecular weight excluding hydrogens is 328 g/mol. The van der Waals surface area contributed by atoms with Crippen molar-refractivity contribution in [2.45, 2.75) is 33.7 Å². The summed E-state index contributed by atoms with van der Waals surface area (Å²) >= 11 is 0. The lowest BCUT2D eigenvalue weighted by molar-refractivity contribution is -0.145. The van der Waals surface area contributed by atoms with Gasteiger partial charge in [0.15, 0.2) is 0 Å². The highest BCUT2D eigenvalue weighted by Gasteiger charge is 2.56. The monoisotopic (exact) mass is 350 g/mol. The van der Waals surface area contributed by atoms with Crippen LogP contribution >= 0.6 is 0 Å². The first kappa shape index (κ1) is 18.7. The summed E-state index contributed by atoms with van der Waals surface area (Å²) in [6.45, 7) is 4.99. The van der Waals surface area contributed by atoms with Gasteiger partial charge >= 0.3 is 17.6 Å². The topological polar surface area (TPSA) is 107 Å². The summed E-state index contributed by atoms with van der Waals surface area (Å²) in [6.07, 6.45) is 5.45. The normalized spacial score (nSPS) is 22.0. The van der Waals surface area contributed by atoms with E-state index in [4.69, 9.17) is 9.47 Å². The number of ether oxygens (including phenoxy) is 2. The van der Waals surface area contributed by atoms with Crippen LogP contribution in [0, 0.1) is 11.3 Å². The van der Waals surface area contributed by atoms with E-state index >= 15 is 0 Å². The van der Waals surface area contributed by atoms with Crippen LogP contribution in [-0.4, -0.2) is 34.7 Å². The fourth-order valence-corrected chi connectivity index (χ4v) is 2.83. The van der Waals surface area contributed by atoms with Crippen molar-refractivity contribution >= 4 is 18.0 Å². The molecule has 2 rings (SSSR count). The molecule has 8 heteroatoms. The molecule has 1 heterocycles. The van der Waals surface area contributed by atoms with Crippen LogP contribution < -0.4 is 11.2 Å². The van der Waals surface area contributed by atoms with Crippen LogP contribution in [0.3, 0.4) is 0 Å². The van der Waals surface area contributed by atoms with E-state index in [9.17, 15) is 19.2 Å². The van der Waals surface area contributed by atoms with Gasteiger partial charge in [-0.1, -0.05) is 12.2 Å². The molecular formula is C17H22N2O6. The second-order valence-corrected chi connectivity index (χ2v) is 6.32. The number of nitrogens with one attached hydrogen (secondary N) is 1. The highest BCUT2D eigenvalue weighted by molar-refractivity contribution is 5.66. The first-order valence-corrected chi connectivity index (χ1v) is 8.00. The van der Waals surface area contributed by atoms with Crippen molar-refractivity contribution in [2.75, 3.05) is 13.2 Å². The zero-order valence-electron chi connectivity index (χ0n) is 14.5. The van der Waals surface area contributed by atoms with Gasteiger partial charge in [0.25, 0.3) is 5.56 Å². The Labute approximate surface area is 144 Å². The van der Waals surface area contributed by atoms with Gasteiger partial charge < -0.3 is 9.47 Å². The van der Waals surface area contributed by atoms with Gasteiger partial charge in [0, 0.05) is 37.9 Å². The Balaban J connectivity index is 2.24. The van der Waals surface area contributed by atoms with E-state index in [0.717, 1.165) is 0 Å². The molecule has 1 fully saturated rings. The van der Waals surface area contributed by atoms with Crippen molar-refractivity contribution in [2.24, 2.45) is 11.3 Å². The maximum absolute atomic E-state index is 12.1. The molecule has 1 aromatic rings. The van der Waals surface area contributed by atoms with Crippen molar-refractivity contribution in [3.63, 3.8) is 0 Å². The summed E-state index contributed by atoms with van der Waals surface area (Å²) in [6, 6.07) is 0. The quantitative estimate of drug-likeness (QED) is 0.726. The third kappa shape index (κ3) is 4.68. The van der Waals surface area contributed by atoms with Crippen LogP contribution in [0.15, 0.2) is 21.9 Å². The molecule has 0 aromatic carbocycles. The molecule has 1 aliphatic carbocycles. The zero-order chi connectivity index (χ0) is 18.6. The molecule has 2 atom stereocenters. The average molecular weight is 350 g/mol. The van der Waals surface area contributed by atoms with Gasteiger partial charge in [-0.3, -0.25) is 23.9 Å². The number of hydrogen-bond donors (Lipinski definition) is 1. The van der Waals surface area contributed by atoms with Crippen molar-refractivity contribution < 1.29 is 19.1 Å². The van der Waals surface area contributed by atoms with Crippen molar-refractivity contribution in [3.05, 3.63) is 38.7 Å². The Morgan fingerprint density at radius 1 is 1.32 bits per heavy atom. The summed E-state index contributed by atoms with van der Waals surface area (Å²) in [5, 5.41) is 0. The Kier molecular flexibility index (Phi) is 5.61. The van der Waals surface area contributed by atoms with Crippen LogP contribution in [0.2, 0.25) is 0 Å². The van der Waals surface area contributed by atoms with E-state index in [1.165, 1.54) is 24.6 Å². The Morgan fingerprint density at radius 3 is 2.60 bits per heavy atom. The van der Waals surface area contributed by atoms with E-state index in [1.54, 1.807) is 19.1 Å². The second-order valence-electron chi connectivity index (χ2n) is 6.32. The predicted molar refractivity (Wildman–Crippen MR) is 89.8 cm³/mol. The van der Waals surface area contributed by atoms with E-state index in [-0.39, 0.29) is 31.6 Å². The summed E-state index contributed by atoms with van der Waals surface area (Å²) in [4.78, 5) is 48.3. The number of carbonyl (C=O) groups is 2. The second kappa shape index (κ2) is 7.50. The molecule has 1 N–H and O–H groups in total. The van der Waals surface area contributed by atoms with Gasteiger partial charge in [-0.2, -0.15) is 0 Å². The minimum atomic E-state index is -0.529. The smallest absolute Gasteiger partial charge is 0.328 e. The van der Waals surface area contributed by atoms with Gasteiger partial charge in [-0.05, 0) is 13.3 Å². The fraction of sp³-hybridized carbons (Fsp3) is 0.529. The van der Waals surface area contributed by atoms with Crippen LogP contribution in [0.25, 0.3) is 6.08 Å². The number of aromatic amines is 1. The third-order valence-corrected chi connectivity index (χ3v) is 4.28. The van der Waals surface area contributed by atoms with E-state index < -0.39 is 22.6 Å². The molecule has 0 amide bonds. The maximum Gasteiger partial charge on any atom is 0.328 e. The molecule has 2 unspecified atom stereocenters. The molecule has 1 aromatic heterocycles. The van der Waals surface area contributed by atoms with E-state index in [2.05, 4.69) is 4.98 Å². The molecule has 0 saturated heterocycles. The number of aromatic nitrogens is 2. The minimum Gasteiger partial charge on any atom is -0.466 e. The lowest BCUT2D eigenvalue weighted by atomic mass is 10.1. The zero-order valence-corrected chi connectivity index (χ0v) is 14.5. The average Bonchev–Trinajstić information content (AvgIpc) is 3.21. The van der Waals surface area contributed by atoms with Gasteiger partial charge in [0.05, 0.1) is 18.8 Å². The van der Waals surface area contributed by atoms with Gasteiger partial charge in [0.2, 0.25) is 0 Å². The summed E-state index contributed by atoms with van der Waals surface area (Å²) in [5.74, 6) is -0.814. The molecule has 1 aliphatic rings. The van der Waals surface area contributed by atoms with Crippen LogP contribution in [0.4, 0.5) is 0 Å². The predicted octanol–water partition coefficient (Wildman–Crippen LogP) is 0.702. The molecule has 0 radical (unpaired) electrons. The summed E-state index contributed by atoms with van der Waals surface area (Å²) in [7, 11) is 0. The molecule has 0 aliphatic heterocycles. The van der Waals surface area contributed by atoms with E-state index in [1.807, 2.05) is 0 Å². The Bertz CT molecular complexity index is 806. The Morgan fingerprint density at radius 2 is 2.00 bits per heavy atom. The minimum absolute atomic E-state index is 0.0141. The Hall–Kier alpha value is -2.64. The van der Waals surface area contributed by atoms with Crippen LogP contribution in [0.5, 0.6) is 0 Å². The van der Waals surface area contributed by atoms with Crippen LogP contribution in [0.1, 0.15) is 32.8 Å². The van der Waals surface area contributed by atoms with Crippen molar-refractivity contribution in [1.29, 1.82) is 0 Å². The lowest BCUT2D eigenvalue weighted by Crippen LogP contribution is -2.35. The summed E-state index contributed by atoms with van der Waals surface area (Å²) < 4.78 is 11.6. The van der Waals surface area contributed by atoms with Crippen molar-refractivity contribution in [1.82, 2.24) is 9.55 Å². The van der Waals surface area contributed by atoms with Gasteiger partial charge in [-0.25, -0.2) is 4.79 Å². The van der Waals surface area contributed by atoms with Crippen molar-refractivity contribution in [3.8, 4) is 0 Å². The molecule has 25 heavy (non-hydrogen) atoms. The van der Waals surface area contributed by atoms with Gasteiger partial charge in [-0.15, -0.1) is 0 Å². The third-order valence-electron chi connectivity index (χ3n) is 4.28. The molecule has 136 valence electrons. The molecule has 0 bridgehead atoms. The number of nitrogens with zero attached hydrogens (tertiary/aromatic N) is 1. The molecule has 1 saturated carbocycles. The van der Waals surface area contributed by atoms with Crippen LogP contribution in [-0.2, 0) is 25.6 Å². The number of rotatable bonds is 7. The number of esters is 2. The SMILES string of the molecule is CC=Cc1cn(CC2(COC(C)=O)CC2COC(C)=O)c(=O)[nH]c1=O. The number of allylic oxidation sites excluding steroid dienone is 1. The number of hydrogen-bond acceptors (Lipinski definition) is 6. The highest BCUT2D eigenvalue weighted by Crippen LogP contribution is 2.54. The largest absolute Gasteiger partial charge is 0.466 e. The fourth-order valence-electron chi connectivity index (χ4n) is 2.83. The summed E-state index contributed by atoms with van der Waals surface area (Å²) in [5.41, 5.74) is -1.11. The molecule has 0 spiro atoms. The maximum atomic E-state index is 12.1. The highest BCUT2D eigenvalue weighted by atomic mass is 16.5. The first-order valence-electron chi connectivity index (χ1n) is 8.00. The van der Waals surface area contributed by atoms with Gasteiger partial charge in [0.1, 0.15) is 0 Å². The first-order chi connectivity index (χ1) is 11.8. The molecule has 8 nitrogen and oxygen atoms in total.